The van der Waals surface area contributed by atoms with E-state index in [2.05, 4.69) is 42.4 Å². The monoisotopic (exact) mass is 562 g/mol. The van der Waals surface area contributed by atoms with Gasteiger partial charge in [0.2, 0.25) is 11.8 Å². The van der Waals surface area contributed by atoms with Crippen LogP contribution in [0.3, 0.4) is 0 Å². The van der Waals surface area contributed by atoms with Gasteiger partial charge in [-0.25, -0.2) is 18.1 Å². The second kappa shape index (κ2) is 10.5. The van der Waals surface area contributed by atoms with Gasteiger partial charge in [0.1, 0.15) is 6.61 Å². The number of aromatic nitrogens is 2. The molecule has 0 spiro atoms. The smallest absolute Gasteiger partial charge is 0.264 e. The average molecular weight is 563 g/mol. The zero-order valence-corrected chi connectivity index (χ0v) is 24.9. The number of sulfonamides is 1. The molecule has 2 aromatic carbocycles. The molecule has 212 valence electrons. The molecule has 1 atom stereocenters. The van der Waals surface area contributed by atoms with E-state index in [1.165, 1.54) is 12.1 Å². The van der Waals surface area contributed by atoms with Crippen LogP contribution >= 0.6 is 0 Å². The number of ether oxygens (including phenoxy) is 1. The fraction of sp³-hybridized carbons (Fsp3) is 0.452. The number of fused-ring (bicyclic) bond motifs is 4. The largest absolute Gasteiger partial charge is 0.475 e. The topological polar surface area (TPSA) is 101 Å². The molecule has 2 heterocycles. The van der Waals surface area contributed by atoms with Gasteiger partial charge in [0.15, 0.2) is 0 Å². The maximum absolute atomic E-state index is 14.1. The van der Waals surface area contributed by atoms with Crippen LogP contribution in [0.1, 0.15) is 68.4 Å². The Hall–Kier alpha value is -3.46. The highest BCUT2D eigenvalue weighted by atomic mass is 32.2. The molecule has 1 N–H and O–H groups in total. The average Bonchev–Trinajstić information content (AvgIpc) is 2.85. The van der Waals surface area contributed by atoms with Crippen LogP contribution in [-0.4, -0.2) is 47.9 Å². The van der Waals surface area contributed by atoms with Crippen LogP contribution in [0, 0.1) is 25.2 Å². The predicted octanol–water partition coefficient (Wildman–Crippen LogP) is 6.00. The standard InChI is InChI=1S/C31H38N4O4S/c1-19(2)13-23-18-39-27-15-26(28-20(3)9-7-10-21(28)4)32-30(33-27)34-40(37,38)25-12-8-11-22(14-25)29(36)35(23)24-16-31(5,6)17-24/h7-12,14-15,19,23-24H,13,16-18H2,1-6H3,(H,32,33,34)/t23-/m1/s1. The minimum atomic E-state index is -4.08. The third-order valence-electron chi connectivity index (χ3n) is 7.82. The van der Waals surface area contributed by atoms with E-state index in [0.29, 0.717) is 17.2 Å². The van der Waals surface area contributed by atoms with E-state index in [-0.39, 0.29) is 46.7 Å². The van der Waals surface area contributed by atoms with Gasteiger partial charge in [-0.1, -0.05) is 52.0 Å². The molecule has 2 aliphatic rings. The van der Waals surface area contributed by atoms with Crippen LogP contribution in [0.25, 0.3) is 11.3 Å². The predicted molar refractivity (Wildman–Crippen MR) is 156 cm³/mol. The van der Waals surface area contributed by atoms with Crippen LogP contribution in [0.4, 0.5) is 5.95 Å². The van der Waals surface area contributed by atoms with Crippen molar-refractivity contribution in [3.05, 3.63) is 65.2 Å². The summed E-state index contributed by atoms with van der Waals surface area (Å²) in [5, 5.41) is 0. The first-order valence-electron chi connectivity index (χ1n) is 13.9. The first kappa shape index (κ1) is 28.1. The Labute approximate surface area is 237 Å². The number of carbonyl (C=O) groups is 1. The molecule has 1 fully saturated rings. The first-order valence-corrected chi connectivity index (χ1v) is 15.4. The molecule has 4 bridgehead atoms. The second-order valence-corrected chi connectivity index (χ2v) is 14.0. The Morgan fingerprint density at radius 1 is 1.05 bits per heavy atom. The molecular weight excluding hydrogens is 524 g/mol. The van der Waals surface area contributed by atoms with E-state index in [1.807, 2.05) is 36.9 Å². The van der Waals surface area contributed by atoms with E-state index in [4.69, 9.17) is 4.74 Å². The molecule has 1 amide bonds. The summed E-state index contributed by atoms with van der Waals surface area (Å²) in [6.45, 7) is 12.9. The van der Waals surface area contributed by atoms with Gasteiger partial charge < -0.3 is 9.64 Å². The van der Waals surface area contributed by atoms with Crippen molar-refractivity contribution in [2.24, 2.45) is 11.3 Å². The van der Waals surface area contributed by atoms with Crippen molar-refractivity contribution in [3.8, 4) is 17.1 Å². The van der Waals surface area contributed by atoms with Gasteiger partial charge in [-0.05, 0) is 73.8 Å². The highest BCUT2D eigenvalue weighted by molar-refractivity contribution is 7.92. The number of benzene rings is 2. The summed E-state index contributed by atoms with van der Waals surface area (Å²) in [6.07, 6.45) is 2.49. The van der Waals surface area contributed by atoms with E-state index in [9.17, 15) is 13.2 Å². The van der Waals surface area contributed by atoms with Gasteiger partial charge >= 0.3 is 0 Å². The summed E-state index contributed by atoms with van der Waals surface area (Å²) in [4.78, 5) is 25.0. The maximum Gasteiger partial charge on any atom is 0.264 e. The number of carbonyl (C=O) groups excluding carboxylic acids is 1. The number of hydrogen-bond acceptors (Lipinski definition) is 6. The van der Waals surface area contributed by atoms with Gasteiger partial charge in [-0.15, -0.1) is 0 Å². The summed E-state index contributed by atoms with van der Waals surface area (Å²) in [5.74, 6) is 0.308. The molecule has 0 saturated heterocycles. The Kier molecular flexibility index (Phi) is 7.37. The van der Waals surface area contributed by atoms with Gasteiger partial charge in [0.05, 0.1) is 16.6 Å². The quantitative estimate of drug-likeness (QED) is 0.419. The lowest BCUT2D eigenvalue weighted by molar-refractivity contribution is -0.00860. The summed E-state index contributed by atoms with van der Waals surface area (Å²) < 4.78 is 35.8. The highest BCUT2D eigenvalue weighted by Crippen LogP contribution is 2.44. The number of nitrogens with zero attached hydrogens (tertiary/aromatic N) is 3. The maximum atomic E-state index is 14.1. The minimum Gasteiger partial charge on any atom is -0.475 e. The highest BCUT2D eigenvalue weighted by Gasteiger charge is 2.44. The molecule has 8 nitrogen and oxygen atoms in total. The molecule has 0 radical (unpaired) electrons. The number of rotatable bonds is 4. The SMILES string of the molecule is Cc1cccc(C)c1-c1cc2nc(n1)NS(=O)(=O)c1cccc(c1)C(=O)N(C1CC(C)(C)C1)[C@H](CC(C)C)CO2. The van der Waals surface area contributed by atoms with Crippen LogP contribution in [-0.2, 0) is 10.0 Å². The van der Waals surface area contributed by atoms with E-state index >= 15 is 0 Å². The molecule has 3 aromatic rings. The van der Waals surface area contributed by atoms with Gasteiger partial charge in [-0.2, -0.15) is 4.98 Å². The molecule has 1 aliphatic heterocycles. The van der Waals surface area contributed by atoms with Crippen molar-refractivity contribution in [1.82, 2.24) is 14.9 Å². The summed E-state index contributed by atoms with van der Waals surface area (Å²) >= 11 is 0. The Morgan fingerprint density at radius 3 is 2.38 bits per heavy atom. The molecule has 1 aliphatic carbocycles. The lowest BCUT2D eigenvalue weighted by Gasteiger charge is -2.51. The third kappa shape index (κ3) is 5.70. The van der Waals surface area contributed by atoms with E-state index in [1.54, 1.807) is 18.2 Å². The van der Waals surface area contributed by atoms with Crippen LogP contribution in [0.2, 0.25) is 0 Å². The van der Waals surface area contributed by atoms with Crippen molar-refractivity contribution in [1.29, 1.82) is 0 Å². The number of nitrogens with one attached hydrogen (secondary N) is 1. The van der Waals surface area contributed by atoms with Crippen LogP contribution in [0.5, 0.6) is 5.88 Å². The van der Waals surface area contributed by atoms with Crippen LogP contribution < -0.4 is 9.46 Å². The number of anilines is 1. The van der Waals surface area contributed by atoms with E-state index < -0.39 is 10.0 Å². The zero-order chi connectivity index (χ0) is 28.8. The fourth-order valence-corrected chi connectivity index (χ4v) is 7.03. The number of amides is 1. The van der Waals surface area contributed by atoms with Crippen molar-refractivity contribution in [3.63, 3.8) is 0 Å². The molecule has 0 unspecified atom stereocenters. The van der Waals surface area contributed by atoms with Crippen molar-refractivity contribution in [2.75, 3.05) is 11.3 Å². The summed E-state index contributed by atoms with van der Waals surface area (Å²) in [5.41, 5.74) is 3.96. The number of hydrogen-bond donors (Lipinski definition) is 1. The van der Waals surface area contributed by atoms with Gasteiger partial charge in [0, 0.05) is 23.2 Å². The Balaban J connectivity index is 1.66. The number of aryl methyl sites for hydroxylation is 2. The first-order chi connectivity index (χ1) is 18.8. The van der Waals surface area contributed by atoms with Crippen LogP contribution in [0.15, 0.2) is 53.4 Å². The fourth-order valence-electron chi connectivity index (χ4n) is 6.05. The lowest BCUT2D eigenvalue weighted by atomic mass is 9.67. The minimum absolute atomic E-state index is 0.0181. The lowest BCUT2D eigenvalue weighted by Crippen LogP contribution is -2.56. The Bertz CT molecular complexity index is 1520. The molecule has 9 heteroatoms. The Morgan fingerprint density at radius 2 is 1.73 bits per heavy atom. The van der Waals surface area contributed by atoms with E-state index in [0.717, 1.165) is 36.0 Å². The second-order valence-electron chi connectivity index (χ2n) is 12.3. The summed E-state index contributed by atoms with van der Waals surface area (Å²) in [6, 6.07) is 13.8. The van der Waals surface area contributed by atoms with Crippen molar-refractivity contribution >= 4 is 21.9 Å². The summed E-state index contributed by atoms with van der Waals surface area (Å²) in [7, 11) is -4.08. The van der Waals surface area contributed by atoms with Crippen molar-refractivity contribution < 1.29 is 17.9 Å². The normalized spacial score (nSPS) is 20.4. The zero-order valence-electron chi connectivity index (χ0n) is 24.1. The molecule has 1 aromatic heterocycles. The van der Waals surface area contributed by atoms with Crippen molar-refractivity contribution in [2.45, 2.75) is 77.8 Å². The molecule has 1 saturated carbocycles. The molecule has 5 rings (SSSR count). The molecular formula is C31H38N4O4S. The molecule has 40 heavy (non-hydrogen) atoms. The third-order valence-corrected chi connectivity index (χ3v) is 9.15. The van der Waals surface area contributed by atoms with Gasteiger partial charge in [0.25, 0.3) is 15.9 Å². The van der Waals surface area contributed by atoms with Gasteiger partial charge in [-0.3, -0.25) is 4.79 Å².